The molecular weight excluding hydrogens is 315 g/mol. The summed E-state index contributed by atoms with van der Waals surface area (Å²) in [6, 6.07) is 4.95. The fourth-order valence-corrected chi connectivity index (χ4v) is 2.10. The van der Waals surface area contributed by atoms with Crippen LogP contribution in [0.2, 0.25) is 0 Å². The third kappa shape index (κ3) is 3.67. The number of rotatable bonds is 4. The number of hydrogen-bond acceptors (Lipinski definition) is 5. The van der Waals surface area contributed by atoms with Gasteiger partial charge in [0.05, 0.1) is 6.10 Å². The molecule has 0 N–H and O–H groups in total. The minimum Gasteiger partial charge on any atom is -0.365 e. The molecule has 122 valence electrons. The number of halogens is 3. The van der Waals surface area contributed by atoms with Crippen molar-refractivity contribution in [1.29, 1.82) is 0 Å². The van der Waals surface area contributed by atoms with Gasteiger partial charge in [-0.2, -0.15) is 13.2 Å². The van der Waals surface area contributed by atoms with Crippen molar-refractivity contribution >= 4 is 5.91 Å². The van der Waals surface area contributed by atoms with Gasteiger partial charge in [-0.25, -0.2) is 0 Å². The quantitative estimate of drug-likeness (QED) is 0.860. The lowest BCUT2D eigenvalue weighted by atomic mass is 10.1. The number of amides is 1. The fraction of sp³-hybridized carbons (Fsp3) is 0.357. The molecule has 1 aliphatic heterocycles. The molecule has 23 heavy (non-hydrogen) atoms. The van der Waals surface area contributed by atoms with E-state index in [0.29, 0.717) is 11.3 Å². The number of nitrogens with zero attached hydrogens (tertiary/aromatic N) is 3. The number of aromatic nitrogens is 2. The molecule has 0 saturated carbocycles. The molecule has 0 bridgehead atoms. The van der Waals surface area contributed by atoms with Crippen LogP contribution in [0.5, 0.6) is 0 Å². The minimum absolute atomic E-state index is 0.0955. The van der Waals surface area contributed by atoms with Gasteiger partial charge in [0.2, 0.25) is 0 Å². The molecule has 3 heterocycles. The molecule has 0 aromatic carbocycles. The first-order valence-corrected chi connectivity index (χ1v) is 6.77. The molecular formula is C14H12F3N3O3. The molecule has 0 aliphatic carbocycles. The van der Waals surface area contributed by atoms with E-state index < -0.39 is 24.8 Å². The summed E-state index contributed by atoms with van der Waals surface area (Å²) in [5.41, 5.74) is 0.771. The Morgan fingerprint density at radius 1 is 1.43 bits per heavy atom. The third-order valence-electron chi connectivity index (χ3n) is 3.29. The molecule has 1 amide bonds. The Balaban J connectivity index is 1.55. The zero-order valence-electron chi connectivity index (χ0n) is 11.8. The maximum absolute atomic E-state index is 12.1. The second-order valence-corrected chi connectivity index (χ2v) is 5.08. The second kappa shape index (κ2) is 5.99. The Morgan fingerprint density at radius 3 is 2.87 bits per heavy atom. The van der Waals surface area contributed by atoms with E-state index in [1.165, 1.54) is 11.0 Å². The number of alkyl halides is 3. The first kappa shape index (κ1) is 15.5. The average molecular weight is 327 g/mol. The van der Waals surface area contributed by atoms with Gasteiger partial charge in [0.1, 0.15) is 6.61 Å². The van der Waals surface area contributed by atoms with Crippen molar-refractivity contribution in [2.45, 2.75) is 12.3 Å². The number of ether oxygens (including phenoxy) is 1. The lowest BCUT2D eigenvalue weighted by Gasteiger charge is -2.38. The van der Waals surface area contributed by atoms with Crippen molar-refractivity contribution in [1.82, 2.24) is 15.0 Å². The third-order valence-corrected chi connectivity index (χ3v) is 3.29. The van der Waals surface area contributed by atoms with Crippen molar-refractivity contribution < 1.29 is 27.2 Å². The molecule has 1 saturated heterocycles. The Bertz CT molecular complexity index is 681. The van der Waals surface area contributed by atoms with Crippen LogP contribution in [0.25, 0.3) is 11.3 Å². The Hall–Kier alpha value is -2.42. The fourth-order valence-electron chi connectivity index (χ4n) is 2.10. The Morgan fingerprint density at radius 2 is 2.22 bits per heavy atom. The summed E-state index contributed by atoms with van der Waals surface area (Å²) >= 11 is 0. The number of likely N-dealkylation sites (tertiary alicyclic amines) is 1. The molecule has 1 fully saturated rings. The van der Waals surface area contributed by atoms with Gasteiger partial charge in [0.15, 0.2) is 11.5 Å². The molecule has 1 aliphatic rings. The monoisotopic (exact) mass is 327 g/mol. The van der Waals surface area contributed by atoms with Gasteiger partial charge in [-0.1, -0.05) is 5.16 Å². The van der Waals surface area contributed by atoms with Crippen LogP contribution in [0.4, 0.5) is 13.2 Å². The van der Waals surface area contributed by atoms with Crippen molar-refractivity contribution in [3.05, 3.63) is 36.3 Å². The highest BCUT2D eigenvalue weighted by Crippen LogP contribution is 2.23. The number of carbonyl (C=O) groups is 1. The molecule has 0 spiro atoms. The molecule has 3 rings (SSSR count). The summed E-state index contributed by atoms with van der Waals surface area (Å²) in [5.74, 6) is -0.0115. The zero-order valence-corrected chi connectivity index (χ0v) is 11.8. The predicted octanol–water partition coefficient (Wildman–Crippen LogP) is 2.14. The van der Waals surface area contributed by atoms with Crippen molar-refractivity contribution in [3.8, 4) is 11.3 Å². The number of hydrogen-bond donors (Lipinski definition) is 0. The summed E-state index contributed by atoms with van der Waals surface area (Å²) in [6.07, 6.45) is -1.80. The van der Waals surface area contributed by atoms with Crippen LogP contribution in [0, 0.1) is 0 Å². The van der Waals surface area contributed by atoms with Gasteiger partial charge < -0.3 is 14.2 Å². The first-order valence-electron chi connectivity index (χ1n) is 6.77. The second-order valence-electron chi connectivity index (χ2n) is 5.08. The molecule has 2 aromatic heterocycles. The molecule has 2 aromatic rings. The first-order chi connectivity index (χ1) is 10.9. The standard InChI is InChI=1S/C14H12F3N3O3/c15-14(16,17)8-22-10-6-20(7-10)13(21)11-4-12(23-19-11)9-2-1-3-18-5-9/h1-5,10H,6-8H2. The van der Waals surface area contributed by atoms with Gasteiger partial charge in [0, 0.05) is 37.1 Å². The van der Waals surface area contributed by atoms with Gasteiger partial charge in [-0.05, 0) is 12.1 Å². The van der Waals surface area contributed by atoms with E-state index in [4.69, 9.17) is 4.52 Å². The number of carbonyl (C=O) groups excluding carboxylic acids is 1. The van der Waals surface area contributed by atoms with Crippen LogP contribution in [0.3, 0.4) is 0 Å². The normalized spacial score (nSPS) is 15.5. The predicted molar refractivity (Wildman–Crippen MR) is 71.4 cm³/mol. The minimum atomic E-state index is -4.37. The van der Waals surface area contributed by atoms with Crippen LogP contribution >= 0.6 is 0 Å². The molecule has 0 unspecified atom stereocenters. The highest BCUT2D eigenvalue weighted by Gasteiger charge is 2.37. The van der Waals surface area contributed by atoms with E-state index in [2.05, 4.69) is 14.9 Å². The molecule has 9 heteroatoms. The lowest BCUT2D eigenvalue weighted by Crippen LogP contribution is -2.55. The van der Waals surface area contributed by atoms with E-state index in [1.54, 1.807) is 24.5 Å². The maximum atomic E-state index is 12.1. The van der Waals surface area contributed by atoms with Crippen LogP contribution < -0.4 is 0 Å². The van der Waals surface area contributed by atoms with Gasteiger partial charge >= 0.3 is 6.18 Å². The van der Waals surface area contributed by atoms with E-state index >= 15 is 0 Å². The lowest BCUT2D eigenvalue weighted by molar-refractivity contribution is -0.196. The van der Waals surface area contributed by atoms with Gasteiger partial charge in [0.25, 0.3) is 5.91 Å². The maximum Gasteiger partial charge on any atom is 0.411 e. The topological polar surface area (TPSA) is 68.5 Å². The van der Waals surface area contributed by atoms with Crippen LogP contribution in [0.15, 0.2) is 35.1 Å². The Kier molecular flexibility index (Phi) is 4.03. The summed E-state index contributed by atoms with van der Waals surface area (Å²) in [6.45, 7) is -1.11. The smallest absolute Gasteiger partial charge is 0.365 e. The Labute approximate surface area is 128 Å². The van der Waals surface area contributed by atoms with E-state index in [-0.39, 0.29) is 18.8 Å². The average Bonchev–Trinajstić information content (AvgIpc) is 2.95. The highest BCUT2D eigenvalue weighted by molar-refractivity contribution is 5.93. The highest BCUT2D eigenvalue weighted by atomic mass is 19.4. The van der Waals surface area contributed by atoms with Gasteiger partial charge in [-0.15, -0.1) is 0 Å². The summed E-state index contributed by atoms with van der Waals surface area (Å²) in [4.78, 5) is 17.4. The van der Waals surface area contributed by atoms with Crippen molar-refractivity contribution in [2.75, 3.05) is 19.7 Å². The summed E-state index contributed by atoms with van der Waals surface area (Å²) < 4.78 is 45.8. The zero-order chi connectivity index (χ0) is 16.4. The number of pyridine rings is 1. The van der Waals surface area contributed by atoms with Gasteiger partial charge in [-0.3, -0.25) is 9.78 Å². The molecule has 0 radical (unpaired) electrons. The van der Waals surface area contributed by atoms with Crippen LogP contribution in [-0.2, 0) is 4.74 Å². The van der Waals surface area contributed by atoms with Crippen LogP contribution in [0.1, 0.15) is 10.5 Å². The summed E-state index contributed by atoms with van der Waals surface area (Å²) in [7, 11) is 0. The van der Waals surface area contributed by atoms with E-state index in [9.17, 15) is 18.0 Å². The molecule has 6 nitrogen and oxygen atoms in total. The largest absolute Gasteiger partial charge is 0.411 e. The van der Waals surface area contributed by atoms with Crippen molar-refractivity contribution in [2.24, 2.45) is 0 Å². The van der Waals surface area contributed by atoms with E-state index in [0.717, 1.165) is 0 Å². The van der Waals surface area contributed by atoms with E-state index in [1.807, 2.05) is 0 Å². The van der Waals surface area contributed by atoms with Crippen molar-refractivity contribution in [3.63, 3.8) is 0 Å². The molecule has 0 atom stereocenters. The SMILES string of the molecule is O=C(c1cc(-c2cccnc2)on1)N1CC(OCC(F)(F)F)C1. The van der Waals surface area contributed by atoms with Crippen LogP contribution in [-0.4, -0.2) is 52.9 Å². The summed E-state index contributed by atoms with van der Waals surface area (Å²) in [5, 5.41) is 3.69.